The molecule has 4 aromatic rings. The minimum atomic E-state index is -0.922. The number of rotatable bonds is 6. The summed E-state index contributed by atoms with van der Waals surface area (Å²) in [6, 6.07) is 17.0. The van der Waals surface area contributed by atoms with E-state index in [1.807, 2.05) is 30.3 Å². The van der Waals surface area contributed by atoms with Gasteiger partial charge in [-0.15, -0.1) is 0 Å². The van der Waals surface area contributed by atoms with Crippen LogP contribution in [-0.4, -0.2) is 26.1 Å². The lowest BCUT2D eigenvalue weighted by Crippen LogP contribution is -2.17. The molecule has 1 amide bonds. The lowest BCUT2D eigenvalue weighted by atomic mass is 10.1. The van der Waals surface area contributed by atoms with E-state index in [1.54, 1.807) is 18.2 Å². The van der Waals surface area contributed by atoms with Crippen LogP contribution in [-0.2, 0) is 4.79 Å². The number of nitriles is 1. The van der Waals surface area contributed by atoms with Crippen LogP contribution in [0, 0.1) is 24.1 Å². The Morgan fingerprint density at radius 2 is 1.97 bits per heavy atom. The lowest BCUT2D eigenvalue weighted by Gasteiger charge is -2.11. The number of halogens is 1. The van der Waals surface area contributed by atoms with Crippen molar-refractivity contribution in [2.45, 2.75) is 16.7 Å². The van der Waals surface area contributed by atoms with Gasteiger partial charge in [0.2, 0.25) is 5.95 Å². The Kier molecular flexibility index (Phi) is 6.66. The third kappa shape index (κ3) is 4.95. The Morgan fingerprint density at radius 1 is 1.18 bits per heavy atom. The highest BCUT2D eigenvalue weighted by Crippen LogP contribution is 2.35. The number of aromatic nitrogens is 3. The van der Waals surface area contributed by atoms with Gasteiger partial charge in [-0.3, -0.25) is 10.1 Å². The van der Waals surface area contributed by atoms with Crippen LogP contribution in [0.4, 0.5) is 10.3 Å². The van der Waals surface area contributed by atoms with Crippen molar-refractivity contribution >= 4 is 29.4 Å². The van der Waals surface area contributed by atoms with E-state index in [-0.39, 0.29) is 17.3 Å². The summed E-state index contributed by atoms with van der Waals surface area (Å²) in [5.74, 6) is -1.83. The fourth-order valence-corrected chi connectivity index (χ4v) is 3.91. The van der Waals surface area contributed by atoms with Gasteiger partial charge >= 0.3 is 0 Å². The molecule has 2 heterocycles. The number of nitrogens with zero attached hydrogens (tertiary/aromatic N) is 4. The summed E-state index contributed by atoms with van der Waals surface area (Å²) in [5, 5.41) is 25.8. The Morgan fingerprint density at radius 3 is 2.65 bits per heavy atom. The monoisotopic (exact) mass is 473 g/mol. The number of aliphatic hydroxyl groups excluding tert-OH is 1. The van der Waals surface area contributed by atoms with Crippen LogP contribution >= 0.6 is 11.8 Å². The van der Waals surface area contributed by atoms with E-state index in [0.717, 1.165) is 4.90 Å². The fourth-order valence-electron chi connectivity index (χ4n) is 3.00. The summed E-state index contributed by atoms with van der Waals surface area (Å²) in [5.41, 5.74) is 0.420. The summed E-state index contributed by atoms with van der Waals surface area (Å²) in [6.45, 7) is 1.53. The number of benzene rings is 2. The standard InChI is InChI=1S/C24H16FN5O3S/c1-14-19(12-28-33-14)22(31)18(11-26)23(32)30-24-27-13-20(34-17-8-3-2-4-9-17)21(29-24)15-6-5-7-16(25)10-15/h2-10,12-13,31H,1H3,(H,27,29,30,32)/b22-18-. The van der Waals surface area contributed by atoms with E-state index in [1.165, 1.54) is 43.2 Å². The SMILES string of the molecule is Cc1oncc1/C(O)=C(\C#N)C(=O)Nc1ncc(Sc2ccccc2)c(-c2cccc(F)c2)n1. The summed E-state index contributed by atoms with van der Waals surface area (Å²) in [7, 11) is 0. The number of aryl methyl sites for hydroxylation is 1. The molecule has 0 aliphatic rings. The van der Waals surface area contributed by atoms with Crippen molar-refractivity contribution in [2.75, 3.05) is 5.32 Å². The third-order valence-electron chi connectivity index (χ3n) is 4.63. The minimum Gasteiger partial charge on any atom is -0.506 e. The van der Waals surface area contributed by atoms with Crippen LogP contribution in [0.1, 0.15) is 11.3 Å². The van der Waals surface area contributed by atoms with E-state index in [0.29, 0.717) is 16.2 Å². The molecule has 0 radical (unpaired) electrons. The van der Waals surface area contributed by atoms with Crippen LogP contribution in [0.5, 0.6) is 0 Å². The Labute approximate surface area is 197 Å². The summed E-state index contributed by atoms with van der Waals surface area (Å²) >= 11 is 1.38. The number of hydrogen-bond acceptors (Lipinski definition) is 8. The van der Waals surface area contributed by atoms with Gasteiger partial charge < -0.3 is 9.63 Å². The van der Waals surface area contributed by atoms with Crippen molar-refractivity contribution in [1.82, 2.24) is 15.1 Å². The molecule has 0 fully saturated rings. The number of aliphatic hydroxyl groups is 1. The van der Waals surface area contributed by atoms with Crippen LogP contribution < -0.4 is 5.32 Å². The summed E-state index contributed by atoms with van der Waals surface area (Å²) < 4.78 is 18.8. The molecular weight excluding hydrogens is 457 g/mol. The minimum absolute atomic E-state index is 0.114. The van der Waals surface area contributed by atoms with Gasteiger partial charge in [0.05, 0.1) is 22.3 Å². The van der Waals surface area contributed by atoms with Crippen LogP contribution in [0.3, 0.4) is 0 Å². The lowest BCUT2D eigenvalue weighted by molar-refractivity contribution is -0.112. The first kappa shape index (κ1) is 22.7. The molecule has 0 spiro atoms. The molecule has 2 aromatic heterocycles. The molecule has 0 saturated carbocycles. The molecule has 4 rings (SSSR count). The van der Waals surface area contributed by atoms with Crippen molar-refractivity contribution in [3.63, 3.8) is 0 Å². The predicted octanol–water partition coefficient (Wildman–Crippen LogP) is 5.16. The molecule has 2 N–H and O–H groups in total. The van der Waals surface area contributed by atoms with E-state index in [4.69, 9.17) is 4.52 Å². The zero-order valence-corrected chi connectivity index (χ0v) is 18.5. The Balaban J connectivity index is 1.70. The maximum atomic E-state index is 13.9. The molecule has 0 saturated heterocycles. The third-order valence-corrected chi connectivity index (χ3v) is 5.66. The van der Waals surface area contributed by atoms with E-state index < -0.39 is 23.1 Å². The predicted molar refractivity (Wildman–Crippen MR) is 123 cm³/mol. The van der Waals surface area contributed by atoms with Crippen LogP contribution in [0.2, 0.25) is 0 Å². The molecule has 10 heteroatoms. The Bertz CT molecular complexity index is 1430. The first-order chi connectivity index (χ1) is 16.5. The first-order valence-electron chi connectivity index (χ1n) is 9.88. The molecule has 0 aliphatic heterocycles. The topological polar surface area (TPSA) is 125 Å². The highest BCUT2D eigenvalue weighted by atomic mass is 32.2. The molecule has 8 nitrogen and oxygen atoms in total. The summed E-state index contributed by atoms with van der Waals surface area (Å²) in [4.78, 5) is 22.9. The zero-order valence-electron chi connectivity index (χ0n) is 17.7. The second-order valence-corrected chi connectivity index (χ2v) is 8.03. The van der Waals surface area contributed by atoms with Gasteiger partial charge in [0.25, 0.3) is 5.91 Å². The average molecular weight is 473 g/mol. The van der Waals surface area contributed by atoms with Crippen molar-refractivity contribution in [2.24, 2.45) is 0 Å². The van der Waals surface area contributed by atoms with E-state index in [9.17, 15) is 19.6 Å². The molecule has 34 heavy (non-hydrogen) atoms. The molecule has 0 atom stereocenters. The molecule has 2 aromatic carbocycles. The highest BCUT2D eigenvalue weighted by molar-refractivity contribution is 7.99. The van der Waals surface area contributed by atoms with Gasteiger partial charge in [-0.1, -0.05) is 47.3 Å². The fraction of sp³-hybridized carbons (Fsp3) is 0.0417. The second-order valence-electron chi connectivity index (χ2n) is 6.92. The Hall–Kier alpha value is -4.49. The van der Waals surface area contributed by atoms with E-state index >= 15 is 0 Å². The smallest absolute Gasteiger partial charge is 0.272 e. The molecule has 0 bridgehead atoms. The first-order valence-corrected chi connectivity index (χ1v) is 10.7. The molecular formula is C24H16FN5O3S. The van der Waals surface area contributed by atoms with Gasteiger partial charge in [0, 0.05) is 16.7 Å². The molecule has 168 valence electrons. The average Bonchev–Trinajstić information content (AvgIpc) is 3.27. The number of nitrogens with one attached hydrogen (secondary N) is 1. The maximum absolute atomic E-state index is 13.9. The number of amides is 1. The van der Waals surface area contributed by atoms with Gasteiger partial charge in [-0.05, 0) is 31.2 Å². The normalized spacial score (nSPS) is 11.4. The quantitative estimate of drug-likeness (QED) is 0.223. The maximum Gasteiger partial charge on any atom is 0.272 e. The van der Waals surface area contributed by atoms with E-state index in [2.05, 4.69) is 20.4 Å². The van der Waals surface area contributed by atoms with Crippen molar-refractivity contribution in [3.05, 3.63) is 89.7 Å². The van der Waals surface area contributed by atoms with Crippen molar-refractivity contribution in [3.8, 4) is 17.3 Å². The van der Waals surface area contributed by atoms with Crippen LogP contribution in [0.15, 0.2) is 86.9 Å². The van der Waals surface area contributed by atoms with Gasteiger partial charge in [0.1, 0.15) is 17.6 Å². The molecule has 0 aliphatic carbocycles. The molecule has 0 unspecified atom stereocenters. The van der Waals surface area contributed by atoms with Crippen LogP contribution in [0.25, 0.3) is 17.0 Å². The largest absolute Gasteiger partial charge is 0.506 e. The number of carbonyl (C=O) groups excluding carboxylic acids is 1. The van der Waals surface area contributed by atoms with Gasteiger partial charge in [0.15, 0.2) is 11.3 Å². The van der Waals surface area contributed by atoms with Crippen molar-refractivity contribution < 1.29 is 18.8 Å². The zero-order chi connectivity index (χ0) is 24.1. The highest BCUT2D eigenvalue weighted by Gasteiger charge is 2.21. The number of anilines is 1. The van der Waals surface area contributed by atoms with Crippen molar-refractivity contribution in [1.29, 1.82) is 5.26 Å². The van der Waals surface area contributed by atoms with Gasteiger partial charge in [-0.2, -0.15) is 5.26 Å². The number of hydrogen-bond donors (Lipinski definition) is 2. The number of carbonyl (C=O) groups is 1. The van der Waals surface area contributed by atoms with Gasteiger partial charge in [-0.25, -0.2) is 14.4 Å². The second kappa shape index (κ2) is 9.97. The summed E-state index contributed by atoms with van der Waals surface area (Å²) in [6.07, 6.45) is 2.70.